The van der Waals surface area contributed by atoms with Crippen LogP contribution in [0.4, 0.5) is 0 Å². The van der Waals surface area contributed by atoms with Gasteiger partial charge in [0, 0.05) is 38.8 Å². The largest absolute Gasteiger partial charge is 0.347 e. The van der Waals surface area contributed by atoms with Crippen molar-refractivity contribution in [2.75, 3.05) is 20.1 Å². The molecule has 7 rings (SSSR count). The van der Waals surface area contributed by atoms with Crippen molar-refractivity contribution in [3.8, 4) is 0 Å². The van der Waals surface area contributed by atoms with Crippen molar-refractivity contribution in [3.63, 3.8) is 0 Å². The first-order chi connectivity index (χ1) is 28.8. The average molecular weight is 817 g/mol. The van der Waals surface area contributed by atoms with Crippen LogP contribution in [0.2, 0.25) is 0 Å². The highest BCUT2D eigenvalue weighted by molar-refractivity contribution is 5.94. The summed E-state index contributed by atoms with van der Waals surface area (Å²) in [6.07, 6.45) is 4.53. The van der Waals surface area contributed by atoms with Gasteiger partial charge < -0.3 is 35.6 Å². The van der Waals surface area contributed by atoms with Gasteiger partial charge in [0.05, 0.1) is 18.6 Å². The molecule has 1 aromatic heterocycles. The molecule has 14 heteroatoms. The fraction of sp³-hybridized carbons (Fsp3) is 0.457. The number of rotatable bonds is 13. The van der Waals surface area contributed by atoms with Gasteiger partial charge in [-0.3, -0.25) is 24.0 Å². The predicted octanol–water partition coefficient (Wildman–Crippen LogP) is 3.99. The number of carbonyl (C=O) groups excluding carboxylic acids is 5. The van der Waals surface area contributed by atoms with Gasteiger partial charge in [-0.2, -0.15) is 4.98 Å². The number of hydrogen-bond acceptors (Lipinski definition) is 9. The van der Waals surface area contributed by atoms with E-state index in [4.69, 9.17) is 4.52 Å². The first-order valence-electron chi connectivity index (χ1n) is 20.9. The zero-order valence-electron chi connectivity index (χ0n) is 35.1. The molecule has 1 aliphatic carbocycles. The van der Waals surface area contributed by atoms with Crippen LogP contribution < -0.4 is 21.3 Å². The van der Waals surface area contributed by atoms with E-state index in [1.165, 1.54) is 10.5 Å². The lowest BCUT2D eigenvalue weighted by Gasteiger charge is -2.36. The number of fused-ring (bicyclic) bond motifs is 2. The molecule has 0 bridgehead atoms. The number of nitrogens with one attached hydrogen (secondary N) is 4. The number of aromatic nitrogens is 2. The number of nitrogens with zero attached hydrogens (tertiary/aromatic N) is 4. The summed E-state index contributed by atoms with van der Waals surface area (Å²) < 4.78 is 5.25. The molecular weight excluding hydrogens is 761 g/mol. The van der Waals surface area contributed by atoms with Gasteiger partial charge in [0.2, 0.25) is 35.9 Å². The maximum Gasteiger partial charge on any atom is 0.246 e. The Hall–Kier alpha value is -5.89. The Kier molecular flexibility index (Phi) is 12.8. The number of benzene rings is 3. The van der Waals surface area contributed by atoms with Gasteiger partial charge >= 0.3 is 0 Å². The minimum absolute atomic E-state index is 0.0513. The van der Waals surface area contributed by atoms with Crippen molar-refractivity contribution in [3.05, 3.63) is 118 Å². The second-order valence-electron chi connectivity index (χ2n) is 17.4. The molecule has 316 valence electrons. The molecule has 2 aliphatic heterocycles. The molecule has 5 amide bonds. The van der Waals surface area contributed by atoms with Crippen LogP contribution in [-0.2, 0) is 49.8 Å². The van der Waals surface area contributed by atoms with Crippen molar-refractivity contribution >= 4 is 30.0 Å². The van der Waals surface area contributed by atoms with Gasteiger partial charge in [0.15, 0.2) is 5.82 Å². The van der Waals surface area contributed by atoms with E-state index in [1.807, 2.05) is 81.4 Å². The third-order valence-electron chi connectivity index (χ3n) is 12.1. The molecule has 0 radical (unpaired) electrons. The summed E-state index contributed by atoms with van der Waals surface area (Å²) in [7, 11) is 1.67. The van der Waals surface area contributed by atoms with Gasteiger partial charge in [0.1, 0.15) is 18.1 Å². The molecule has 1 unspecified atom stereocenters. The fourth-order valence-corrected chi connectivity index (χ4v) is 8.94. The Morgan fingerprint density at radius 1 is 0.933 bits per heavy atom. The molecule has 0 spiro atoms. The van der Waals surface area contributed by atoms with Crippen LogP contribution in [0.5, 0.6) is 0 Å². The van der Waals surface area contributed by atoms with E-state index in [9.17, 15) is 24.0 Å². The van der Waals surface area contributed by atoms with Crippen molar-refractivity contribution in [2.24, 2.45) is 5.41 Å². The Morgan fingerprint density at radius 3 is 2.42 bits per heavy atom. The summed E-state index contributed by atoms with van der Waals surface area (Å²) in [5.74, 6) is -0.617. The van der Waals surface area contributed by atoms with E-state index < -0.39 is 29.6 Å². The third-order valence-corrected chi connectivity index (χ3v) is 12.1. The minimum Gasteiger partial charge on any atom is -0.347 e. The molecule has 3 heterocycles. The highest BCUT2D eigenvalue weighted by atomic mass is 16.5. The Morgan fingerprint density at radius 2 is 1.70 bits per heavy atom. The highest BCUT2D eigenvalue weighted by Gasteiger charge is 2.46. The van der Waals surface area contributed by atoms with Gasteiger partial charge in [-0.1, -0.05) is 98.7 Å². The predicted molar refractivity (Wildman–Crippen MR) is 224 cm³/mol. The zero-order valence-corrected chi connectivity index (χ0v) is 35.1. The summed E-state index contributed by atoms with van der Waals surface area (Å²) in [5, 5.41) is 16.3. The summed E-state index contributed by atoms with van der Waals surface area (Å²) >= 11 is 0. The maximum absolute atomic E-state index is 14.6. The van der Waals surface area contributed by atoms with Crippen molar-refractivity contribution < 1.29 is 28.5 Å². The monoisotopic (exact) mass is 816 g/mol. The number of likely N-dealkylation sites (tertiary alicyclic amines) is 1. The van der Waals surface area contributed by atoms with E-state index in [0.29, 0.717) is 37.4 Å². The first kappa shape index (κ1) is 42.2. The Balaban J connectivity index is 1.12. The van der Waals surface area contributed by atoms with Gasteiger partial charge in [-0.05, 0) is 71.5 Å². The maximum atomic E-state index is 14.6. The summed E-state index contributed by atoms with van der Waals surface area (Å²) in [6, 6.07) is 20.8. The Bertz CT molecular complexity index is 2200. The quantitative estimate of drug-likeness (QED) is 0.145. The van der Waals surface area contributed by atoms with Crippen molar-refractivity contribution in [1.29, 1.82) is 0 Å². The van der Waals surface area contributed by atoms with Crippen LogP contribution >= 0.6 is 0 Å². The van der Waals surface area contributed by atoms with E-state index in [-0.39, 0.29) is 55.2 Å². The summed E-state index contributed by atoms with van der Waals surface area (Å²) in [5.41, 5.74) is 5.44. The standard InChI is InChI=1S/C46H56N8O6/c1-28-48-42(52-60-28)37(20-29-12-7-6-8-13-29)50-43(57)38-22-32-19-18-31(21-33(32)25-53(38)27-55)34-23-39(44(58)49-36-17-11-15-30-14-9-10-16-35(30)36)54(26-34)45(59)41(46(2,3)4)51-40(56)24-47-5/h6-10,12-14,16,18-19,21,27,34,36-39,41,47H,11,15,17,20,22-26H2,1-5H3,(H,49,58)(H,50,57)(H,51,56)/t34-,36+,37-,38?,39-,41+/m0/s1. The summed E-state index contributed by atoms with van der Waals surface area (Å²) in [6.45, 7) is 7.94. The molecule has 3 aromatic carbocycles. The molecule has 6 atom stereocenters. The van der Waals surface area contributed by atoms with Crippen molar-refractivity contribution in [1.82, 2.24) is 41.2 Å². The second kappa shape index (κ2) is 18.2. The molecule has 1 saturated heterocycles. The number of aryl methyl sites for hydroxylation is 2. The topological polar surface area (TPSA) is 179 Å². The van der Waals surface area contributed by atoms with Crippen LogP contribution in [0.3, 0.4) is 0 Å². The van der Waals surface area contributed by atoms with Gasteiger partial charge in [-0.15, -0.1) is 0 Å². The number of amides is 5. The molecule has 4 N–H and O–H groups in total. The number of likely N-dealkylation sites (N-methyl/N-ethyl adjacent to an activating group) is 1. The third kappa shape index (κ3) is 9.44. The minimum atomic E-state index is -0.869. The molecule has 60 heavy (non-hydrogen) atoms. The number of hydrogen-bond donors (Lipinski definition) is 4. The SMILES string of the molecule is CNCC(=O)N[C@H](C(=O)N1C[C@@H](c2ccc3c(c2)CN(C=O)C(C(=O)N[C@@H](Cc2ccccc2)c2noc(C)n2)C3)C[C@H]1C(=O)N[C@@H]1CCCc2ccccc21)C(C)(C)C. The smallest absolute Gasteiger partial charge is 0.246 e. The lowest BCUT2D eigenvalue weighted by atomic mass is 9.85. The van der Waals surface area contributed by atoms with E-state index in [0.717, 1.165) is 47.1 Å². The van der Waals surface area contributed by atoms with Crippen LogP contribution in [0, 0.1) is 12.3 Å². The Labute approximate surface area is 351 Å². The van der Waals surface area contributed by atoms with Gasteiger partial charge in [0.25, 0.3) is 0 Å². The van der Waals surface area contributed by atoms with E-state index in [1.54, 1.807) is 18.9 Å². The van der Waals surface area contributed by atoms with Crippen molar-refractivity contribution in [2.45, 2.75) is 109 Å². The number of carbonyl (C=O) groups is 5. The average Bonchev–Trinajstić information content (AvgIpc) is 3.89. The zero-order chi connectivity index (χ0) is 42.6. The molecule has 14 nitrogen and oxygen atoms in total. The van der Waals surface area contributed by atoms with Crippen LogP contribution in [0.25, 0.3) is 0 Å². The molecular formula is C46H56N8O6. The van der Waals surface area contributed by atoms with E-state index in [2.05, 4.69) is 43.5 Å². The molecule has 0 saturated carbocycles. The highest BCUT2D eigenvalue weighted by Crippen LogP contribution is 2.37. The summed E-state index contributed by atoms with van der Waals surface area (Å²) in [4.78, 5) is 76.0. The normalized spacial score (nSPS) is 20.9. The van der Waals surface area contributed by atoms with Gasteiger partial charge in [-0.25, -0.2) is 0 Å². The fourth-order valence-electron chi connectivity index (χ4n) is 8.94. The molecule has 4 aromatic rings. The van der Waals surface area contributed by atoms with E-state index >= 15 is 0 Å². The molecule has 3 aliphatic rings. The first-order valence-corrected chi connectivity index (χ1v) is 20.9. The second-order valence-corrected chi connectivity index (χ2v) is 17.4. The van der Waals surface area contributed by atoms with Crippen LogP contribution in [0.15, 0.2) is 77.3 Å². The lowest BCUT2D eigenvalue weighted by Crippen LogP contribution is -2.58. The van der Waals surface area contributed by atoms with Crippen LogP contribution in [0.1, 0.15) is 103 Å². The lowest BCUT2D eigenvalue weighted by molar-refractivity contribution is -0.144. The molecule has 1 fully saturated rings. The van der Waals surface area contributed by atoms with Crippen LogP contribution in [-0.4, -0.2) is 88.2 Å².